The average molecular weight is 446 g/mol. The fraction of sp³-hybridized carbons (Fsp3) is 0.0870. The molecule has 2 heterocycles. The molecular weight excluding hydrogens is 426 g/mol. The van der Waals surface area contributed by atoms with Gasteiger partial charge in [-0.15, -0.1) is 10.2 Å². The molecular formula is C23H19N5O3S. The summed E-state index contributed by atoms with van der Waals surface area (Å²) in [5.74, 6) is -0.0910. The molecule has 0 aliphatic carbocycles. The second-order valence-electron chi connectivity index (χ2n) is 6.59. The lowest BCUT2D eigenvalue weighted by atomic mass is 10.2. The van der Waals surface area contributed by atoms with Crippen LogP contribution in [0.1, 0.15) is 10.4 Å². The predicted octanol–water partition coefficient (Wildman–Crippen LogP) is 3.85. The maximum atomic E-state index is 12.6. The number of aromatic nitrogens is 4. The highest BCUT2D eigenvalue weighted by molar-refractivity contribution is 7.99. The summed E-state index contributed by atoms with van der Waals surface area (Å²) in [7, 11) is 1.30. The van der Waals surface area contributed by atoms with Crippen LogP contribution in [0.5, 0.6) is 0 Å². The molecule has 0 bridgehead atoms. The van der Waals surface area contributed by atoms with E-state index in [1.807, 2.05) is 47.0 Å². The molecule has 1 amide bonds. The van der Waals surface area contributed by atoms with Crippen molar-refractivity contribution in [2.45, 2.75) is 5.16 Å². The van der Waals surface area contributed by atoms with Crippen molar-refractivity contribution in [1.29, 1.82) is 0 Å². The maximum absolute atomic E-state index is 12.6. The second-order valence-corrected chi connectivity index (χ2v) is 7.54. The minimum atomic E-state index is -0.515. The molecule has 0 aliphatic rings. The Morgan fingerprint density at radius 3 is 2.53 bits per heavy atom. The van der Waals surface area contributed by atoms with Gasteiger partial charge in [0.15, 0.2) is 11.0 Å². The van der Waals surface area contributed by atoms with Crippen LogP contribution in [0.25, 0.3) is 17.1 Å². The van der Waals surface area contributed by atoms with Crippen molar-refractivity contribution < 1.29 is 14.3 Å². The number of pyridine rings is 1. The van der Waals surface area contributed by atoms with Crippen LogP contribution in [0.4, 0.5) is 5.69 Å². The molecule has 4 rings (SSSR count). The lowest BCUT2D eigenvalue weighted by Crippen LogP contribution is -2.17. The minimum Gasteiger partial charge on any atom is -0.465 e. The number of thioether (sulfide) groups is 1. The molecule has 8 nitrogen and oxygen atoms in total. The van der Waals surface area contributed by atoms with Gasteiger partial charge in [-0.1, -0.05) is 42.1 Å². The normalized spacial score (nSPS) is 10.5. The standard InChI is InChI=1S/C23H19N5O3S/c1-31-22(30)18-11-5-6-12-19(18)25-20(29)15-32-23-27-26-21(16-8-7-13-24-14-16)28(23)17-9-3-2-4-10-17/h2-14H,15H2,1H3,(H,25,29). The van der Waals surface area contributed by atoms with E-state index in [0.717, 1.165) is 11.3 Å². The van der Waals surface area contributed by atoms with Gasteiger partial charge in [0.1, 0.15) is 0 Å². The van der Waals surface area contributed by atoms with Crippen molar-refractivity contribution in [3.8, 4) is 17.1 Å². The number of nitrogens with zero attached hydrogens (tertiary/aromatic N) is 4. The van der Waals surface area contributed by atoms with Crippen molar-refractivity contribution >= 4 is 29.3 Å². The first-order valence-corrected chi connectivity index (χ1v) is 10.7. The molecule has 160 valence electrons. The maximum Gasteiger partial charge on any atom is 0.339 e. The number of carbonyl (C=O) groups is 2. The van der Waals surface area contributed by atoms with Crippen LogP contribution in [0.2, 0.25) is 0 Å². The number of hydrogen-bond donors (Lipinski definition) is 1. The van der Waals surface area contributed by atoms with E-state index >= 15 is 0 Å². The molecule has 0 aliphatic heterocycles. The number of para-hydroxylation sites is 2. The van der Waals surface area contributed by atoms with Gasteiger partial charge in [0.05, 0.1) is 24.1 Å². The van der Waals surface area contributed by atoms with Gasteiger partial charge in [-0.05, 0) is 36.4 Å². The monoisotopic (exact) mass is 445 g/mol. The molecule has 0 fully saturated rings. The molecule has 32 heavy (non-hydrogen) atoms. The number of benzene rings is 2. The zero-order valence-corrected chi connectivity index (χ0v) is 18.0. The molecule has 0 atom stereocenters. The summed E-state index contributed by atoms with van der Waals surface area (Å²) >= 11 is 1.25. The third-order valence-electron chi connectivity index (χ3n) is 4.51. The predicted molar refractivity (Wildman–Crippen MR) is 122 cm³/mol. The molecule has 2 aromatic heterocycles. The first-order chi connectivity index (χ1) is 15.7. The van der Waals surface area contributed by atoms with E-state index < -0.39 is 5.97 Å². The Morgan fingerprint density at radius 1 is 1.00 bits per heavy atom. The lowest BCUT2D eigenvalue weighted by molar-refractivity contribution is -0.113. The number of ether oxygens (including phenoxy) is 1. The first-order valence-electron chi connectivity index (χ1n) is 9.68. The van der Waals surface area contributed by atoms with E-state index in [4.69, 9.17) is 4.74 Å². The van der Waals surface area contributed by atoms with Gasteiger partial charge in [0, 0.05) is 23.6 Å². The van der Waals surface area contributed by atoms with E-state index in [0.29, 0.717) is 22.2 Å². The molecule has 0 saturated heterocycles. The van der Waals surface area contributed by atoms with Gasteiger partial charge in [0.25, 0.3) is 0 Å². The number of rotatable bonds is 7. The smallest absolute Gasteiger partial charge is 0.339 e. The Balaban J connectivity index is 1.56. The summed E-state index contributed by atoms with van der Waals surface area (Å²) < 4.78 is 6.66. The van der Waals surface area contributed by atoms with Crippen molar-refractivity contribution in [3.63, 3.8) is 0 Å². The van der Waals surface area contributed by atoms with Crippen LogP contribution < -0.4 is 5.32 Å². The van der Waals surface area contributed by atoms with Crippen LogP contribution in [0, 0.1) is 0 Å². The molecule has 1 N–H and O–H groups in total. The number of carbonyl (C=O) groups excluding carboxylic acids is 2. The Kier molecular flexibility index (Phi) is 6.57. The SMILES string of the molecule is COC(=O)c1ccccc1NC(=O)CSc1nnc(-c2cccnc2)n1-c1ccccc1. The lowest BCUT2D eigenvalue weighted by Gasteiger charge is -2.11. The van der Waals surface area contributed by atoms with Crippen molar-refractivity contribution in [2.24, 2.45) is 0 Å². The van der Waals surface area contributed by atoms with Gasteiger partial charge < -0.3 is 10.1 Å². The van der Waals surface area contributed by atoms with E-state index in [1.54, 1.807) is 36.7 Å². The van der Waals surface area contributed by atoms with Crippen LogP contribution in [-0.4, -0.2) is 44.5 Å². The Bertz CT molecular complexity index is 1230. The van der Waals surface area contributed by atoms with Crippen LogP contribution in [-0.2, 0) is 9.53 Å². The van der Waals surface area contributed by atoms with Crippen LogP contribution >= 0.6 is 11.8 Å². The summed E-state index contributed by atoms with van der Waals surface area (Å²) in [6, 6.07) is 20.1. The van der Waals surface area contributed by atoms with Gasteiger partial charge in [-0.3, -0.25) is 14.3 Å². The molecule has 4 aromatic rings. The average Bonchev–Trinajstić information content (AvgIpc) is 3.28. The quantitative estimate of drug-likeness (QED) is 0.341. The zero-order chi connectivity index (χ0) is 22.3. The first kappa shape index (κ1) is 21.3. The Morgan fingerprint density at radius 2 is 1.78 bits per heavy atom. The highest BCUT2D eigenvalue weighted by atomic mass is 32.2. The molecule has 0 unspecified atom stereocenters. The number of nitrogens with one attached hydrogen (secondary N) is 1. The Hall–Kier alpha value is -3.98. The highest BCUT2D eigenvalue weighted by Gasteiger charge is 2.18. The third-order valence-corrected chi connectivity index (χ3v) is 5.44. The fourth-order valence-electron chi connectivity index (χ4n) is 3.05. The van der Waals surface area contributed by atoms with Crippen LogP contribution in [0.15, 0.2) is 84.3 Å². The minimum absolute atomic E-state index is 0.0769. The highest BCUT2D eigenvalue weighted by Crippen LogP contribution is 2.27. The van der Waals surface area contributed by atoms with E-state index in [9.17, 15) is 9.59 Å². The fourth-order valence-corrected chi connectivity index (χ4v) is 3.80. The largest absolute Gasteiger partial charge is 0.465 e. The second kappa shape index (κ2) is 9.88. The van der Waals surface area contributed by atoms with Gasteiger partial charge in [-0.2, -0.15) is 0 Å². The summed E-state index contributed by atoms with van der Waals surface area (Å²) in [6.45, 7) is 0. The zero-order valence-electron chi connectivity index (χ0n) is 17.1. The molecule has 0 spiro atoms. The third kappa shape index (κ3) is 4.68. The van der Waals surface area contributed by atoms with Gasteiger partial charge in [0.2, 0.25) is 5.91 Å². The summed E-state index contributed by atoms with van der Waals surface area (Å²) in [5.41, 5.74) is 2.37. The summed E-state index contributed by atoms with van der Waals surface area (Å²) in [5, 5.41) is 12.0. The Labute approximate surface area is 188 Å². The number of amides is 1. The molecule has 0 saturated carbocycles. The number of esters is 1. The summed E-state index contributed by atoms with van der Waals surface area (Å²) in [6.07, 6.45) is 3.41. The molecule has 0 radical (unpaired) electrons. The molecule has 2 aromatic carbocycles. The van der Waals surface area contributed by atoms with E-state index in [1.165, 1.54) is 18.9 Å². The molecule has 9 heteroatoms. The number of hydrogen-bond acceptors (Lipinski definition) is 7. The topological polar surface area (TPSA) is 99.0 Å². The summed E-state index contributed by atoms with van der Waals surface area (Å²) in [4.78, 5) is 28.7. The number of methoxy groups -OCH3 is 1. The van der Waals surface area contributed by atoms with E-state index in [2.05, 4.69) is 20.5 Å². The van der Waals surface area contributed by atoms with Crippen molar-refractivity contribution in [3.05, 3.63) is 84.7 Å². The van der Waals surface area contributed by atoms with Gasteiger partial charge in [-0.25, -0.2) is 4.79 Å². The number of anilines is 1. The van der Waals surface area contributed by atoms with E-state index in [-0.39, 0.29) is 11.7 Å². The van der Waals surface area contributed by atoms with Crippen molar-refractivity contribution in [1.82, 2.24) is 19.7 Å². The van der Waals surface area contributed by atoms with Crippen molar-refractivity contribution in [2.75, 3.05) is 18.2 Å². The van der Waals surface area contributed by atoms with Gasteiger partial charge >= 0.3 is 5.97 Å². The van der Waals surface area contributed by atoms with Crippen LogP contribution in [0.3, 0.4) is 0 Å².